The fourth-order valence-electron chi connectivity index (χ4n) is 3.82. The summed E-state index contributed by atoms with van der Waals surface area (Å²) in [5, 5.41) is 0. The highest BCUT2D eigenvalue weighted by atomic mass is 32.3. The summed E-state index contributed by atoms with van der Waals surface area (Å²) in [5.41, 5.74) is -12.4. The molecule has 2 aliphatic rings. The van der Waals surface area contributed by atoms with Gasteiger partial charge in [0.25, 0.3) is 19.7 Å². The van der Waals surface area contributed by atoms with Crippen molar-refractivity contribution in [3.8, 4) is 0 Å². The first-order chi connectivity index (χ1) is 13.5. The van der Waals surface area contributed by atoms with Crippen molar-refractivity contribution in [1.29, 1.82) is 0 Å². The molecule has 0 saturated heterocycles. The molecule has 2 rings (SSSR count). The number of alkyl halides is 6. The Kier molecular flexibility index (Phi) is 6.92. The van der Waals surface area contributed by atoms with Crippen LogP contribution in [-0.2, 0) is 29.2 Å². The van der Waals surface area contributed by atoms with E-state index in [4.69, 9.17) is 4.74 Å². The predicted molar refractivity (Wildman–Crippen MR) is 92.0 cm³/mol. The van der Waals surface area contributed by atoms with Gasteiger partial charge in [0, 0.05) is 6.42 Å². The number of carbonyl (C=O) groups is 1. The lowest BCUT2D eigenvalue weighted by molar-refractivity contribution is -0.149. The largest absolute Gasteiger partial charge is 0.498 e. The lowest BCUT2D eigenvalue weighted by Gasteiger charge is -2.23. The molecule has 0 aromatic carbocycles. The van der Waals surface area contributed by atoms with E-state index in [1.54, 1.807) is 0 Å². The first-order valence-corrected chi connectivity index (χ1v) is 12.0. The summed E-state index contributed by atoms with van der Waals surface area (Å²) in [6, 6.07) is 0. The molecular formula is C16H20F6O6S2. The second kappa shape index (κ2) is 8.32. The van der Waals surface area contributed by atoms with Gasteiger partial charge < -0.3 is 4.74 Å². The van der Waals surface area contributed by atoms with E-state index in [0.29, 0.717) is 5.92 Å². The first-order valence-electron chi connectivity index (χ1n) is 8.95. The summed E-state index contributed by atoms with van der Waals surface area (Å²) in [5.74, 6) is -0.145. The Morgan fingerprint density at radius 2 is 1.50 bits per heavy atom. The molecule has 0 aromatic rings. The molecule has 0 N–H and O–H groups in total. The molecule has 0 heterocycles. The van der Waals surface area contributed by atoms with Gasteiger partial charge in [0.15, 0.2) is 4.58 Å². The van der Waals surface area contributed by atoms with E-state index < -0.39 is 60.2 Å². The van der Waals surface area contributed by atoms with Crippen molar-refractivity contribution >= 4 is 25.6 Å². The van der Waals surface area contributed by atoms with Gasteiger partial charge in [0.05, 0.1) is 6.10 Å². The summed E-state index contributed by atoms with van der Waals surface area (Å²) >= 11 is 0. The third-order valence-corrected chi connectivity index (χ3v) is 9.99. The lowest BCUT2D eigenvalue weighted by atomic mass is 9.91. The monoisotopic (exact) mass is 486 g/mol. The molecule has 2 bridgehead atoms. The standard InChI is InChI=1S/C16H20F6O6S2/c1-9(28-13(23)8-12-7-10-3-4-11(12)6-10)2-5-14(29(24,25)15(17,18)19)30(26,27)16(20,21)22/h3-4,9-12,14H,2,5-8H2,1H3. The molecule has 0 spiro atoms. The van der Waals surface area contributed by atoms with Crippen LogP contribution < -0.4 is 0 Å². The minimum atomic E-state index is -6.68. The van der Waals surface area contributed by atoms with Crippen LogP contribution in [0.2, 0.25) is 0 Å². The number of carbonyl (C=O) groups excluding carboxylic acids is 1. The molecule has 0 aliphatic heterocycles. The molecule has 1 saturated carbocycles. The van der Waals surface area contributed by atoms with Crippen molar-refractivity contribution in [3.05, 3.63) is 12.2 Å². The van der Waals surface area contributed by atoms with Crippen LogP contribution >= 0.6 is 0 Å². The average molecular weight is 486 g/mol. The Labute approximate surface area is 169 Å². The van der Waals surface area contributed by atoms with Gasteiger partial charge in [-0.05, 0) is 50.4 Å². The second-order valence-electron chi connectivity index (χ2n) is 7.53. The highest BCUT2D eigenvalue weighted by Gasteiger charge is 2.62. The van der Waals surface area contributed by atoms with Gasteiger partial charge in [-0.2, -0.15) is 26.3 Å². The van der Waals surface area contributed by atoms with E-state index in [-0.39, 0.29) is 18.3 Å². The minimum Gasteiger partial charge on any atom is -0.463 e. The Bertz CT molecular complexity index is 846. The van der Waals surface area contributed by atoms with Crippen molar-refractivity contribution < 1.29 is 52.7 Å². The van der Waals surface area contributed by atoms with Crippen LogP contribution in [-0.4, -0.2) is 44.5 Å². The Hall–Kier alpha value is -1.31. The number of fused-ring (bicyclic) bond motifs is 2. The zero-order chi connectivity index (χ0) is 23.1. The molecule has 174 valence electrons. The van der Waals surface area contributed by atoms with Gasteiger partial charge in [-0.3, -0.25) is 4.79 Å². The third-order valence-electron chi connectivity index (χ3n) is 5.32. The first kappa shape index (κ1) is 25.0. The normalized spacial score (nSPS) is 25.7. The van der Waals surface area contributed by atoms with Crippen LogP contribution in [0.4, 0.5) is 26.3 Å². The summed E-state index contributed by atoms with van der Waals surface area (Å²) < 4.78 is 123. The van der Waals surface area contributed by atoms with Crippen LogP contribution in [0.3, 0.4) is 0 Å². The van der Waals surface area contributed by atoms with Crippen molar-refractivity contribution in [3.63, 3.8) is 0 Å². The maximum Gasteiger partial charge on any atom is 0.498 e. The maximum absolute atomic E-state index is 12.7. The number of halogens is 6. The molecule has 14 heteroatoms. The van der Waals surface area contributed by atoms with Crippen LogP contribution in [0.15, 0.2) is 12.2 Å². The number of sulfone groups is 2. The van der Waals surface area contributed by atoms with Crippen LogP contribution in [0.5, 0.6) is 0 Å². The summed E-state index contributed by atoms with van der Waals surface area (Å²) in [4.78, 5) is 12.0. The topological polar surface area (TPSA) is 94.6 Å². The van der Waals surface area contributed by atoms with Gasteiger partial charge in [0.1, 0.15) is 0 Å². The van der Waals surface area contributed by atoms with E-state index >= 15 is 0 Å². The van der Waals surface area contributed by atoms with Crippen molar-refractivity contribution in [2.24, 2.45) is 17.8 Å². The highest BCUT2D eigenvalue weighted by Crippen LogP contribution is 2.45. The Morgan fingerprint density at radius 3 is 1.90 bits per heavy atom. The fourth-order valence-corrected chi connectivity index (χ4v) is 7.30. The molecule has 4 unspecified atom stereocenters. The fraction of sp³-hybridized carbons (Fsp3) is 0.812. The second-order valence-corrected chi connectivity index (χ2v) is 12.1. The van der Waals surface area contributed by atoms with Crippen LogP contribution in [0.25, 0.3) is 0 Å². The molecular weight excluding hydrogens is 466 g/mol. The number of ether oxygens (including phenoxy) is 1. The van der Waals surface area contributed by atoms with Gasteiger partial charge in [-0.15, -0.1) is 0 Å². The van der Waals surface area contributed by atoms with E-state index in [2.05, 4.69) is 0 Å². The number of hydrogen-bond donors (Lipinski definition) is 0. The summed E-state index contributed by atoms with van der Waals surface area (Å²) in [7, 11) is -13.4. The summed E-state index contributed by atoms with van der Waals surface area (Å²) in [6.45, 7) is 1.13. The van der Waals surface area contributed by atoms with Crippen molar-refractivity contribution in [1.82, 2.24) is 0 Å². The Morgan fingerprint density at radius 1 is 0.967 bits per heavy atom. The molecule has 30 heavy (non-hydrogen) atoms. The number of hydrogen-bond acceptors (Lipinski definition) is 6. The molecule has 4 atom stereocenters. The van der Waals surface area contributed by atoms with Gasteiger partial charge in [0.2, 0.25) is 0 Å². The SMILES string of the molecule is CC(CCC(S(=O)(=O)C(F)(F)F)S(=O)(=O)C(F)(F)F)OC(=O)CC1CC2C=CC1C2. The molecule has 0 amide bonds. The molecule has 0 radical (unpaired) electrons. The van der Waals surface area contributed by atoms with Gasteiger partial charge in [-0.25, -0.2) is 16.8 Å². The van der Waals surface area contributed by atoms with Gasteiger partial charge in [-0.1, -0.05) is 12.2 Å². The smallest absolute Gasteiger partial charge is 0.463 e. The van der Waals surface area contributed by atoms with Crippen molar-refractivity contribution in [2.75, 3.05) is 0 Å². The van der Waals surface area contributed by atoms with E-state index in [1.807, 2.05) is 12.2 Å². The quantitative estimate of drug-likeness (QED) is 0.296. The highest BCUT2D eigenvalue weighted by molar-refractivity contribution is 8.09. The number of allylic oxidation sites excluding steroid dienone is 2. The van der Waals surface area contributed by atoms with E-state index in [9.17, 15) is 48.0 Å². The minimum absolute atomic E-state index is 0.000967. The van der Waals surface area contributed by atoms with E-state index in [1.165, 1.54) is 0 Å². The molecule has 2 aliphatic carbocycles. The molecule has 6 nitrogen and oxygen atoms in total. The zero-order valence-corrected chi connectivity index (χ0v) is 17.2. The Balaban J connectivity index is 2.04. The number of rotatable bonds is 8. The summed E-state index contributed by atoms with van der Waals surface area (Å²) in [6.07, 6.45) is 2.05. The molecule has 0 aromatic heterocycles. The predicted octanol–water partition coefficient (Wildman–Crippen LogP) is 3.50. The zero-order valence-electron chi connectivity index (χ0n) is 15.6. The van der Waals surface area contributed by atoms with Crippen LogP contribution in [0, 0.1) is 17.8 Å². The maximum atomic E-state index is 12.7. The van der Waals surface area contributed by atoms with E-state index in [0.717, 1.165) is 19.8 Å². The number of esters is 1. The molecule has 1 fully saturated rings. The average Bonchev–Trinajstić information content (AvgIpc) is 3.14. The van der Waals surface area contributed by atoms with Crippen molar-refractivity contribution in [2.45, 2.75) is 60.7 Å². The lowest BCUT2D eigenvalue weighted by Crippen LogP contribution is -2.45. The third kappa shape index (κ3) is 5.11. The van der Waals surface area contributed by atoms with Gasteiger partial charge >= 0.3 is 17.0 Å². The van der Waals surface area contributed by atoms with Crippen LogP contribution in [0.1, 0.15) is 39.0 Å².